The van der Waals surface area contributed by atoms with E-state index in [0.717, 1.165) is 18.5 Å². The number of hydrogen-bond acceptors (Lipinski definition) is 4. The minimum atomic E-state index is -0.179. The van der Waals surface area contributed by atoms with Crippen LogP contribution in [-0.4, -0.2) is 56.0 Å². The maximum atomic E-state index is 12.2. The Hall–Kier alpha value is -2.08. The first-order valence-electron chi connectivity index (χ1n) is 9.16. The largest absolute Gasteiger partial charge is 0.482 e. The summed E-state index contributed by atoms with van der Waals surface area (Å²) < 4.78 is 5.44. The number of nitrogens with zero attached hydrogens (tertiary/aromatic N) is 2. The zero-order valence-corrected chi connectivity index (χ0v) is 14.9. The summed E-state index contributed by atoms with van der Waals surface area (Å²) in [7, 11) is 0. The molecule has 1 saturated heterocycles. The molecule has 3 rings (SSSR count). The Labute approximate surface area is 149 Å². The Morgan fingerprint density at radius 1 is 1.24 bits per heavy atom. The molecule has 0 aromatic heterocycles. The van der Waals surface area contributed by atoms with Gasteiger partial charge in [-0.05, 0) is 63.5 Å². The summed E-state index contributed by atoms with van der Waals surface area (Å²) in [6, 6.07) is 5.67. The highest BCUT2D eigenvalue weighted by molar-refractivity contribution is 6.02. The highest BCUT2D eigenvalue weighted by atomic mass is 16.5. The van der Waals surface area contributed by atoms with Crippen LogP contribution >= 0.6 is 0 Å². The molecule has 2 amide bonds. The van der Waals surface area contributed by atoms with E-state index in [9.17, 15) is 9.59 Å². The molecule has 2 heterocycles. The van der Waals surface area contributed by atoms with Crippen LogP contribution in [0.1, 0.15) is 31.2 Å². The molecule has 0 spiro atoms. The molecule has 0 atom stereocenters. The number of hydrogen-bond donors (Lipinski definition) is 1. The van der Waals surface area contributed by atoms with E-state index in [1.54, 1.807) is 0 Å². The number of aryl methyl sites for hydroxylation is 1. The van der Waals surface area contributed by atoms with E-state index in [1.807, 2.05) is 25.1 Å². The van der Waals surface area contributed by atoms with E-state index >= 15 is 0 Å². The lowest BCUT2D eigenvalue weighted by Gasteiger charge is -2.29. The fourth-order valence-electron chi connectivity index (χ4n) is 3.40. The van der Waals surface area contributed by atoms with Gasteiger partial charge in [0.05, 0.1) is 5.69 Å². The van der Waals surface area contributed by atoms with Crippen molar-refractivity contribution in [3.05, 3.63) is 23.8 Å². The standard InChI is InChI=1S/C19H27N3O3/c1-15-6-7-17-16(12-15)22(19(24)14-25-17)13-18(23)20-8-5-11-21-9-3-2-4-10-21/h6-7,12H,2-5,8-11,13-14H2,1H3,(H,20,23). The third-order valence-electron chi connectivity index (χ3n) is 4.78. The topological polar surface area (TPSA) is 61.9 Å². The number of benzene rings is 1. The maximum absolute atomic E-state index is 12.2. The van der Waals surface area contributed by atoms with Crippen molar-refractivity contribution in [1.29, 1.82) is 0 Å². The van der Waals surface area contributed by atoms with Crippen LogP contribution in [0.15, 0.2) is 18.2 Å². The predicted octanol–water partition coefficient (Wildman–Crippen LogP) is 1.71. The van der Waals surface area contributed by atoms with Crippen LogP contribution in [0, 0.1) is 6.92 Å². The molecule has 1 aromatic carbocycles. The van der Waals surface area contributed by atoms with Gasteiger partial charge in [-0.15, -0.1) is 0 Å². The number of amides is 2. The number of likely N-dealkylation sites (tertiary alicyclic amines) is 1. The van der Waals surface area contributed by atoms with Crippen LogP contribution in [-0.2, 0) is 9.59 Å². The van der Waals surface area contributed by atoms with Gasteiger partial charge in [-0.2, -0.15) is 0 Å². The van der Waals surface area contributed by atoms with E-state index in [-0.39, 0.29) is 25.0 Å². The fourth-order valence-corrected chi connectivity index (χ4v) is 3.40. The van der Waals surface area contributed by atoms with Crippen molar-refractivity contribution < 1.29 is 14.3 Å². The molecule has 0 radical (unpaired) electrons. The number of ether oxygens (including phenoxy) is 1. The quantitative estimate of drug-likeness (QED) is 0.798. The molecule has 1 fully saturated rings. The zero-order valence-electron chi connectivity index (χ0n) is 14.9. The first kappa shape index (κ1) is 17.7. The summed E-state index contributed by atoms with van der Waals surface area (Å²) in [6.07, 6.45) is 4.84. The average molecular weight is 345 g/mol. The lowest BCUT2D eigenvalue weighted by atomic mass is 10.1. The second kappa shape index (κ2) is 8.34. The third kappa shape index (κ3) is 4.72. The molecule has 25 heavy (non-hydrogen) atoms. The van der Waals surface area contributed by atoms with Gasteiger partial charge >= 0.3 is 0 Å². The summed E-state index contributed by atoms with van der Waals surface area (Å²) in [6.45, 7) is 6.00. The van der Waals surface area contributed by atoms with Crippen molar-refractivity contribution in [2.45, 2.75) is 32.6 Å². The van der Waals surface area contributed by atoms with Crippen molar-refractivity contribution in [2.75, 3.05) is 44.2 Å². The molecular formula is C19H27N3O3. The summed E-state index contributed by atoms with van der Waals surface area (Å²) in [5.41, 5.74) is 1.71. The summed E-state index contributed by atoms with van der Waals surface area (Å²) >= 11 is 0. The zero-order chi connectivity index (χ0) is 17.6. The van der Waals surface area contributed by atoms with E-state index in [4.69, 9.17) is 4.74 Å². The van der Waals surface area contributed by atoms with Crippen LogP contribution in [0.2, 0.25) is 0 Å². The smallest absolute Gasteiger partial charge is 0.265 e. The Morgan fingerprint density at radius 3 is 2.84 bits per heavy atom. The molecule has 0 bridgehead atoms. The first-order chi connectivity index (χ1) is 12.1. The minimum Gasteiger partial charge on any atom is -0.482 e. The van der Waals surface area contributed by atoms with Crippen molar-refractivity contribution in [2.24, 2.45) is 0 Å². The summed E-state index contributed by atoms with van der Waals surface area (Å²) in [4.78, 5) is 28.4. The van der Waals surface area contributed by atoms with Crippen LogP contribution in [0.5, 0.6) is 5.75 Å². The van der Waals surface area contributed by atoms with Crippen LogP contribution in [0.25, 0.3) is 0 Å². The van der Waals surface area contributed by atoms with Crippen molar-refractivity contribution in [1.82, 2.24) is 10.2 Å². The van der Waals surface area contributed by atoms with Gasteiger partial charge in [0, 0.05) is 6.54 Å². The molecule has 2 aliphatic heterocycles. The SMILES string of the molecule is Cc1ccc2c(c1)N(CC(=O)NCCCN1CCCCC1)C(=O)CO2. The van der Waals surface area contributed by atoms with Crippen molar-refractivity contribution in [3.8, 4) is 5.75 Å². The molecule has 0 aliphatic carbocycles. The van der Waals surface area contributed by atoms with Gasteiger partial charge in [0.1, 0.15) is 12.3 Å². The fraction of sp³-hybridized carbons (Fsp3) is 0.579. The first-order valence-corrected chi connectivity index (χ1v) is 9.16. The van der Waals surface area contributed by atoms with Crippen LogP contribution in [0.3, 0.4) is 0 Å². The molecule has 1 N–H and O–H groups in total. The Morgan fingerprint density at radius 2 is 2.04 bits per heavy atom. The highest BCUT2D eigenvalue weighted by Gasteiger charge is 2.27. The molecule has 136 valence electrons. The van der Waals surface area contributed by atoms with E-state index < -0.39 is 0 Å². The molecule has 1 aromatic rings. The molecule has 6 heteroatoms. The second-order valence-electron chi connectivity index (χ2n) is 6.85. The van der Waals surface area contributed by atoms with Crippen molar-refractivity contribution >= 4 is 17.5 Å². The Bertz CT molecular complexity index is 626. The third-order valence-corrected chi connectivity index (χ3v) is 4.78. The lowest BCUT2D eigenvalue weighted by molar-refractivity contribution is -0.125. The summed E-state index contributed by atoms with van der Waals surface area (Å²) in [5, 5.41) is 2.94. The Balaban J connectivity index is 1.47. The molecule has 2 aliphatic rings. The number of anilines is 1. The lowest BCUT2D eigenvalue weighted by Crippen LogP contribution is -2.45. The van der Waals surface area contributed by atoms with E-state index in [1.165, 1.54) is 37.3 Å². The number of piperidine rings is 1. The molecular weight excluding hydrogens is 318 g/mol. The number of rotatable bonds is 6. The van der Waals surface area contributed by atoms with E-state index in [0.29, 0.717) is 18.0 Å². The van der Waals surface area contributed by atoms with Crippen LogP contribution in [0.4, 0.5) is 5.69 Å². The van der Waals surface area contributed by atoms with Crippen LogP contribution < -0.4 is 15.0 Å². The van der Waals surface area contributed by atoms with Crippen molar-refractivity contribution in [3.63, 3.8) is 0 Å². The molecule has 0 unspecified atom stereocenters. The predicted molar refractivity (Wildman–Crippen MR) is 96.9 cm³/mol. The monoisotopic (exact) mass is 345 g/mol. The van der Waals surface area contributed by atoms with Gasteiger partial charge in [-0.25, -0.2) is 0 Å². The summed E-state index contributed by atoms with van der Waals surface area (Å²) in [5.74, 6) is 0.353. The van der Waals surface area contributed by atoms with Gasteiger partial charge in [0.15, 0.2) is 6.61 Å². The van der Waals surface area contributed by atoms with Gasteiger partial charge in [0.2, 0.25) is 5.91 Å². The maximum Gasteiger partial charge on any atom is 0.265 e. The van der Waals surface area contributed by atoms with Gasteiger partial charge < -0.3 is 15.0 Å². The molecule has 6 nitrogen and oxygen atoms in total. The minimum absolute atomic E-state index is 0.0156. The van der Waals surface area contributed by atoms with Gasteiger partial charge in [0.25, 0.3) is 5.91 Å². The average Bonchev–Trinajstić information content (AvgIpc) is 2.62. The molecule has 0 saturated carbocycles. The van der Waals surface area contributed by atoms with Gasteiger partial charge in [-0.1, -0.05) is 12.5 Å². The normalized spacial score (nSPS) is 17.8. The highest BCUT2D eigenvalue weighted by Crippen LogP contribution is 2.32. The number of carbonyl (C=O) groups excluding carboxylic acids is 2. The van der Waals surface area contributed by atoms with E-state index in [2.05, 4.69) is 10.2 Å². The second-order valence-corrected chi connectivity index (χ2v) is 6.85. The van der Waals surface area contributed by atoms with Gasteiger partial charge in [-0.3, -0.25) is 14.5 Å². The number of fused-ring (bicyclic) bond motifs is 1. The number of nitrogens with one attached hydrogen (secondary N) is 1. The number of carbonyl (C=O) groups is 2. The Kier molecular flexibility index (Phi) is 5.91.